The molecule has 0 saturated carbocycles. The summed E-state index contributed by atoms with van der Waals surface area (Å²) in [5.41, 5.74) is 1.94. The van der Waals surface area contributed by atoms with Crippen molar-refractivity contribution in [3.8, 4) is 0 Å². The van der Waals surface area contributed by atoms with Gasteiger partial charge in [-0.25, -0.2) is 0 Å². The van der Waals surface area contributed by atoms with Gasteiger partial charge in [0.1, 0.15) is 0 Å². The molecule has 0 spiro atoms. The monoisotopic (exact) mass is 510 g/mol. The van der Waals surface area contributed by atoms with E-state index in [0.717, 1.165) is 10.0 Å². The van der Waals surface area contributed by atoms with Crippen molar-refractivity contribution in [3.05, 3.63) is 72.6 Å². The molecule has 2 aromatic carbocycles. The fourth-order valence-corrected chi connectivity index (χ4v) is 3.07. The Hall–Kier alpha value is -0.590. The number of hydrogen-bond donors (Lipinski definition) is 0. The van der Waals surface area contributed by atoms with Gasteiger partial charge in [0.2, 0.25) is 0 Å². The highest BCUT2D eigenvalue weighted by molar-refractivity contribution is 9.13. The van der Waals surface area contributed by atoms with Gasteiger partial charge in [0.15, 0.2) is 0 Å². The SMILES string of the molecule is Cc1ccc(/C=C/C(c2ccc(Br)c(Br)c2)C(F)(F)F)cc1Br. The summed E-state index contributed by atoms with van der Waals surface area (Å²) in [6.45, 7) is 1.93. The van der Waals surface area contributed by atoms with Crippen molar-refractivity contribution in [2.45, 2.75) is 19.0 Å². The third-order valence-electron chi connectivity index (χ3n) is 3.33. The Balaban J connectivity index is 2.37. The lowest BCUT2D eigenvalue weighted by atomic mass is 9.97. The highest BCUT2D eigenvalue weighted by atomic mass is 79.9. The van der Waals surface area contributed by atoms with E-state index in [4.69, 9.17) is 0 Å². The zero-order chi connectivity index (χ0) is 17.2. The van der Waals surface area contributed by atoms with E-state index in [2.05, 4.69) is 47.8 Å². The molecule has 0 bridgehead atoms. The maximum Gasteiger partial charge on any atom is 0.399 e. The molecule has 0 aliphatic heterocycles. The summed E-state index contributed by atoms with van der Waals surface area (Å²) >= 11 is 9.91. The summed E-state index contributed by atoms with van der Waals surface area (Å²) in [4.78, 5) is 0. The number of allylic oxidation sites excluding steroid dienone is 1. The van der Waals surface area contributed by atoms with Gasteiger partial charge in [-0.3, -0.25) is 0 Å². The van der Waals surface area contributed by atoms with Crippen LogP contribution in [0.1, 0.15) is 22.6 Å². The number of benzene rings is 2. The lowest BCUT2D eigenvalue weighted by molar-refractivity contribution is -0.139. The minimum atomic E-state index is -4.36. The molecule has 0 radical (unpaired) electrons. The fraction of sp³-hybridized carbons (Fsp3) is 0.176. The quantitative estimate of drug-likeness (QED) is 0.396. The van der Waals surface area contributed by atoms with Crippen molar-refractivity contribution in [2.75, 3.05) is 0 Å². The van der Waals surface area contributed by atoms with Gasteiger partial charge in [0.05, 0.1) is 5.92 Å². The van der Waals surface area contributed by atoms with Gasteiger partial charge < -0.3 is 0 Å². The van der Waals surface area contributed by atoms with E-state index in [1.807, 2.05) is 13.0 Å². The minimum Gasteiger partial charge on any atom is -0.170 e. The van der Waals surface area contributed by atoms with Crippen LogP contribution in [0.4, 0.5) is 13.2 Å². The number of aryl methyl sites for hydroxylation is 1. The molecule has 122 valence electrons. The van der Waals surface area contributed by atoms with Gasteiger partial charge in [-0.05, 0) is 73.7 Å². The van der Waals surface area contributed by atoms with E-state index in [9.17, 15) is 13.2 Å². The van der Waals surface area contributed by atoms with Gasteiger partial charge in [0.25, 0.3) is 0 Å². The van der Waals surface area contributed by atoms with E-state index in [1.54, 1.807) is 18.2 Å². The molecular weight excluding hydrogens is 501 g/mol. The molecule has 6 heteroatoms. The topological polar surface area (TPSA) is 0 Å². The zero-order valence-electron chi connectivity index (χ0n) is 12.0. The molecule has 23 heavy (non-hydrogen) atoms. The van der Waals surface area contributed by atoms with Crippen LogP contribution in [-0.4, -0.2) is 6.18 Å². The molecule has 2 aromatic rings. The second kappa shape index (κ2) is 7.53. The molecule has 0 N–H and O–H groups in total. The van der Waals surface area contributed by atoms with E-state index < -0.39 is 12.1 Å². The van der Waals surface area contributed by atoms with E-state index in [-0.39, 0.29) is 5.56 Å². The normalized spacial score (nSPS) is 13.5. The van der Waals surface area contributed by atoms with Crippen LogP contribution in [0.3, 0.4) is 0 Å². The molecule has 0 aliphatic carbocycles. The summed E-state index contributed by atoms with van der Waals surface area (Å²) in [6.07, 6.45) is -1.67. The Morgan fingerprint density at radius 3 is 2.17 bits per heavy atom. The smallest absolute Gasteiger partial charge is 0.170 e. The van der Waals surface area contributed by atoms with Gasteiger partial charge in [-0.1, -0.05) is 46.3 Å². The van der Waals surface area contributed by atoms with Crippen LogP contribution in [0.25, 0.3) is 6.08 Å². The lowest BCUT2D eigenvalue weighted by Gasteiger charge is -2.18. The second-order valence-corrected chi connectivity index (χ2v) is 7.62. The van der Waals surface area contributed by atoms with Gasteiger partial charge >= 0.3 is 6.18 Å². The minimum absolute atomic E-state index is 0.190. The Morgan fingerprint density at radius 2 is 1.61 bits per heavy atom. The van der Waals surface area contributed by atoms with Gasteiger partial charge in [-0.15, -0.1) is 0 Å². The number of hydrogen-bond acceptors (Lipinski definition) is 0. The van der Waals surface area contributed by atoms with E-state index in [1.165, 1.54) is 24.3 Å². The largest absolute Gasteiger partial charge is 0.399 e. The van der Waals surface area contributed by atoms with Crippen molar-refractivity contribution >= 4 is 53.9 Å². The maximum atomic E-state index is 13.4. The van der Waals surface area contributed by atoms with Crippen LogP contribution in [0.15, 0.2) is 55.9 Å². The van der Waals surface area contributed by atoms with Crippen LogP contribution in [0, 0.1) is 6.92 Å². The van der Waals surface area contributed by atoms with Crippen LogP contribution < -0.4 is 0 Å². The molecule has 0 heterocycles. The molecule has 0 aliphatic rings. The zero-order valence-corrected chi connectivity index (χ0v) is 16.7. The molecule has 2 rings (SSSR count). The van der Waals surface area contributed by atoms with Crippen LogP contribution >= 0.6 is 47.8 Å². The maximum absolute atomic E-state index is 13.4. The molecular formula is C17H12Br3F3. The highest BCUT2D eigenvalue weighted by Crippen LogP contribution is 2.38. The molecule has 0 nitrogen and oxygen atoms in total. The first-order valence-electron chi connectivity index (χ1n) is 6.64. The molecule has 0 amide bonds. The van der Waals surface area contributed by atoms with E-state index in [0.29, 0.717) is 14.5 Å². The first-order chi connectivity index (χ1) is 10.7. The summed E-state index contributed by atoms with van der Waals surface area (Å²) < 4.78 is 42.4. The average Bonchev–Trinajstić information content (AvgIpc) is 2.45. The Kier molecular flexibility index (Phi) is 6.14. The Bertz CT molecular complexity index is 736. The summed E-state index contributed by atoms with van der Waals surface area (Å²) in [5.74, 6) is -1.66. The Labute approximate surface area is 158 Å². The van der Waals surface area contributed by atoms with Crippen molar-refractivity contribution < 1.29 is 13.2 Å². The first-order valence-corrected chi connectivity index (χ1v) is 9.02. The number of rotatable bonds is 3. The number of alkyl halides is 3. The van der Waals surface area contributed by atoms with Crippen molar-refractivity contribution in [3.63, 3.8) is 0 Å². The van der Waals surface area contributed by atoms with Gasteiger partial charge in [0, 0.05) is 13.4 Å². The predicted octanol–water partition coefficient (Wildman–Crippen LogP) is 7.64. The van der Waals surface area contributed by atoms with Crippen molar-refractivity contribution in [1.82, 2.24) is 0 Å². The number of halogens is 6. The van der Waals surface area contributed by atoms with Crippen LogP contribution in [0.2, 0.25) is 0 Å². The van der Waals surface area contributed by atoms with Crippen LogP contribution in [0.5, 0.6) is 0 Å². The van der Waals surface area contributed by atoms with E-state index >= 15 is 0 Å². The summed E-state index contributed by atoms with van der Waals surface area (Å²) in [6, 6.07) is 10.0. The molecule has 0 aromatic heterocycles. The molecule has 0 fully saturated rings. The molecule has 0 saturated heterocycles. The molecule has 1 atom stereocenters. The van der Waals surface area contributed by atoms with Crippen molar-refractivity contribution in [2.24, 2.45) is 0 Å². The Morgan fingerprint density at radius 1 is 0.913 bits per heavy atom. The van der Waals surface area contributed by atoms with Crippen LogP contribution in [-0.2, 0) is 0 Å². The fourth-order valence-electron chi connectivity index (χ4n) is 2.04. The summed E-state index contributed by atoms with van der Waals surface area (Å²) in [7, 11) is 0. The lowest BCUT2D eigenvalue weighted by Crippen LogP contribution is -2.18. The predicted molar refractivity (Wildman–Crippen MR) is 98.6 cm³/mol. The third kappa shape index (κ3) is 4.94. The standard InChI is InChI=1S/C17H12Br3F3/c1-10-2-3-11(8-15(10)19)4-6-13(17(21,22)23)12-5-7-14(18)16(20)9-12/h2-9,13H,1H3/b6-4+. The average molecular weight is 513 g/mol. The summed E-state index contributed by atoms with van der Waals surface area (Å²) in [5, 5.41) is 0. The first kappa shape index (κ1) is 18.7. The second-order valence-electron chi connectivity index (χ2n) is 5.06. The highest BCUT2D eigenvalue weighted by Gasteiger charge is 2.39. The van der Waals surface area contributed by atoms with Crippen molar-refractivity contribution in [1.29, 1.82) is 0 Å². The van der Waals surface area contributed by atoms with Gasteiger partial charge in [-0.2, -0.15) is 13.2 Å². The molecule has 1 unspecified atom stereocenters. The third-order valence-corrected chi connectivity index (χ3v) is 6.07.